The lowest BCUT2D eigenvalue weighted by atomic mass is 10.3. The number of aliphatic hydroxyl groups excluding tert-OH is 2. The minimum absolute atomic E-state index is 0.199. The summed E-state index contributed by atoms with van der Waals surface area (Å²) in [7, 11) is 0. The third-order valence-electron chi connectivity index (χ3n) is 2.23. The van der Waals surface area contributed by atoms with Crippen LogP contribution in [-0.4, -0.2) is 47.0 Å². The van der Waals surface area contributed by atoms with Crippen LogP contribution >= 0.6 is 0 Å². The fourth-order valence-electron chi connectivity index (χ4n) is 1.38. The highest BCUT2D eigenvalue weighted by molar-refractivity contribution is 4.87. The maximum atomic E-state index is 9.23. The Balaban J connectivity index is 2.25. The van der Waals surface area contributed by atoms with E-state index >= 15 is 0 Å². The molecular weight excluding hydrogens is 168 g/mol. The van der Waals surface area contributed by atoms with Crippen LogP contribution in [0.4, 0.5) is 0 Å². The summed E-state index contributed by atoms with van der Waals surface area (Å²) in [5, 5.41) is 26.3. The van der Waals surface area contributed by atoms with E-state index in [1.54, 1.807) is 0 Å². The highest BCUT2D eigenvalue weighted by Crippen LogP contribution is 2.26. The molecule has 0 amide bonds. The topological polar surface area (TPSA) is 67.5 Å². The lowest BCUT2D eigenvalue weighted by Crippen LogP contribution is -2.36. The molecule has 2 N–H and O–H groups in total. The first-order valence-electron chi connectivity index (χ1n) is 4.68. The largest absolute Gasteiger partial charge is 0.394 e. The van der Waals surface area contributed by atoms with Crippen LogP contribution in [0.1, 0.15) is 19.3 Å². The average molecular weight is 184 g/mol. The predicted molar refractivity (Wildman–Crippen MR) is 47.9 cm³/mol. The number of rotatable bonds is 6. The van der Waals surface area contributed by atoms with Gasteiger partial charge in [-0.3, -0.25) is 4.90 Å². The fourth-order valence-corrected chi connectivity index (χ4v) is 1.38. The molecule has 1 aliphatic carbocycles. The van der Waals surface area contributed by atoms with Crippen molar-refractivity contribution in [2.24, 2.45) is 0 Å². The lowest BCUT2D eigenvalue weighted by Gasteiger charge is -2.22. The predicted octanol–water partition coefficient (Wildman–Crippen LogP) is -0.282. The monoisotopic (exact) mass is 184 g/mol. The van der Waals surface area contributed by atoms with E-state index in [1.807, 2.05) is 0 Å². The third-order valence-corrected chi connectivity index (χ3v) is 2.23. The normalized spacial score (nSPS) is 18.6. The molecule has 1 rings (SSSR count). The molecule has 1 unspecified atom stereocenters. The Morgan fingerprint density at radius 1 is 1.54 bits per heavy atom. The number of nitriles is 1. The van der Waals surface area contributed by atoms with E-state index in [1.165, 1.54) is 0 Å². The van der Waals surface area contributed by atoms with Gasteiger partial charge in [-0.1, -0.05) is 0 Å². The molecule has 0 radical (unpaired) electrons. The smallest absolute Gasteiger partial charge is 0.0897 e. The van der Waals surface area contributed by atoms with Gasteiger partial charge in [-0.15, -0.1) is 0 Å². The van der Waals surface area contributed by atoms with Gasteiger partial charge in [-0.2, -0.15) is 5.26 Å². The zero-order chi connectivity index (χ0) is 9.68. The molecule has 0 bridgehead atoms. The van der Waals surface area contributed by atoms with Gasteiger partial charge in [0.2, 0.25) is 0 Å². The molecule has 0 aromatic rings. The maximum absolute atomic E-state index is 9.23. The third kappa shape index (κ3) is 3.73. The summed E-state index contributed by atoms with van der Waals surface area (Å²) >= 11 is 0. The Hall–Kier alpha value is -0.630. The summed E-state index contributed by atoms with van der Waals surface area (Å²) in [5.74, 6) is 0. The van der Waals surface area contributed by atoms with Gasteiger partial charge in [0, 0.05) is 25.6 Å². The summed E-state index contributed by atoms with van der Waals surface area (Å²) in [6.07, 6.45) is 2.14. The van der Waals surface area contributed by atoms with E-state index in [4.69, 9.17) is 10.4 Å². The zero-order valence-corrected chi connectivity index (χ0v) is 7.69. The van der Waals surface area contributed by atoms with Crippen LogP contribution in [-0.2, 0) is 0 Å². The van der Waals surface area contributed by atoms with Crippen LogP contribution in [0.25, 0.3) is 0 Å². The molecule has 1 atom stereocenters. The second kappa shape index (κ2) is 5.18. The minimum atomic E-state index is -0.667. The van der Waals surface area contributed by atoms with Gasteiger partial charge < -0.3 is 10.2 Å². The van der Waals surface area contributed by atoms with Crippen molar-refractivity contribution in [2.45, 2.75) is 31.4 Å². The summed E-state index contributed by atoms with van der Waals surface area (Å²) in [5.41, 5.74) is 0. The molecule has 0 aromatic carbocycles. The van der Waals surface area contributed by atoms with E-state index in [0.717, 1.165) is 12.8 Å². The van der Waals surface area contributed by atoms with E-state index in [2.05, 4.69) is 11.0 Å². The van der Waals surface area contributed by atoms with Crippen LogP contribution in [0.3, 0.4) is 0 Å². The molecule has 1 saturated carbocycles. The van der Waals surface area contributed by atoms with Crippen molar-refractivity contribution in [1.82, 2.24) is 4.90 Å². The maximum Gasteiger partial charge on any atom is 0.0897 e. The number of hydrogen-bond donors (Lipinski definition) is 2. The molecule has 0 heterocycles. The standard InChI is InChI=1S/C9H16N2O2/c10-4-1-5-11(8-2-3-8)6-9(13)7-12/h8-9,12-13H,1-3,5-7H2. The molecular formula is C9H16N2O2. The minimum Gasteiger partial charge on any atom is -0.394 e. The van der Waals surface area contributed by atoms with Crippen molar-refractivity contribution in [1.29, 1.82) is 5.26 Å². The van der Waals surface area contributed by atoms with Crippen LogP contribution in [0, 0.1) is 11.3 Å². The van der Waals surface area contributed by atoms with Gasteiger partial charge in [-0.05, 0) is 12.8 Å². The van der Waals surface area contributed by atoms with E-state index in [0.29, 0.717) is 25.6 Å². The number of aliphatic hydroxyl groups is 2. The van der Waals surface area contributed by atoms with Gasteiger partial charge >= 0.3 is 0 Å². The molecule has 4 heteroatoms. The Kier molecular flexibility index (Phi) is 4.16. The van der Waals surface area contributed by atoms with Crippen LogP contribution < -0.4 is 0 Å². The van der Waals surface area contributed by atoms with Crippen LogP contribution in [0.15, 0.2) is 0 Å². The average Bonchev–Trinajstić information content (AvgIpc) is 2.94. The first-order chi connectivity index (χ1) is 6.27. The van der Waals surface area contributed by atoms with Crippen molar-refractivity contribution >= 4 is 0 Å². The van der Waals surface area contributed by atoms with Crippen molar-refractivity contribution in [3.63, 3.8) is 0 Å². The van der Waals surface area contributed by atoms with E-state index < -0.39 is 6.10 Å². The first-order valence-corrected chi connectivity index (χ1v) is 4.68. The van der Waals surface area contributed by atoms with Gasteiger partial charge in [0.25, 0.3) is 0 Å². The van der Waals surface area contributed by atoms with Crippen molar-refractivity contribution in [2.75, 3.05) is 19.7 Å². The van der Waals surface area contributed by atoms with Gasteiger partial charge in [0.1, 0.15) is 0 Å². The molecule has 4 nitrogen and oxygen atoms in total. The zero-order valence-electron chi connectivity index (χ0n) is 7.69. The van der Waals surface area contributed by atoms with Gasteiger partial charge in [0.05, 0.1) is 18.8 Å². The summed E-state index contributed by atoms with van der Waals surface area (Å²) in [6.45, 7) is 0.997. The quantitative estimate of drug-likeness (QED) is 0.595. The van der Waals surface area contributed by atoms with Gasteiger partial charge in [0.15, 0.2) is 0 Å². The number of nitrogens with zero attached hydrogens (tertiary/aromatic N) is 2. The van der Waals surface area contributed by atoms with Crippen LogP contribution in [0.2, 0.25) is 0 Å². The molecule has 1 aliphatic rings. The molecule has 13 heavy (non-hydrogen) atoms. The summed E-state index contributed by atoms with van der Waals surface area (Å²) in [4.78, 5) is 2.09. The van der Waals surface area contributed by atoms with Crippen molar-refractivity contribution in [3.8, 4) is 6.07 Å². The number of hydrogen-bond acceptors (Lipinski definition) is 4. The summed E-state index contributed by atoms with van der Waals surface area (Å²) < 4.78 is 0. The summed E-state index contributed by atoms with van der Waals surface area (Å²) in [6, 6.07) is 2.62. The second-order valence-electron chi connectivity index (χ2n) is 3.47. The Morgan fingerprint density at radius 3 is 2.69 bits per heavy atom. The molecule has 0 aliphatic heterocycles. The fraction of sp³-hybridized carbons (Fsp3) is 0.889. The Labute approximate surface area is 78.4 Å². The van der Waals surface area contributed by atoms with Crippen molar-refractivity contribution in [3.05, 3.63) is 0 Å². The van der Waals surface area contributed by atoms with E-state index in [9.17, 15) is 5.11 Å². The second-order valence-corrected chi connectivity index (χ2v) is 3.47. The molecule has 1 fully saturated rings. The highest BCUT2D eigenvalue weighted by Gasteiger charge is 2.29. The first kappa shape index (κ1) is 10.5. The Bertz CT molecular complexity index is 187. The van der Waals surface area contributed by atoms with E-state index in [-0.39, 0.29) is 6.61 Å². The molecule has 74 valence electrons. The lowest BCUT2D eigenvalue weighted by molar-refractivity contribution is 0.0572. The molecule has 0 saturated heterocycles. The van der Waals surface area contributed by atoms with Crippen LogP contribution in [0.5, 0.6) is 0 Å². The van der Waals surface area contributed by atoms with Gasteiger partial charge in [-0.25, -0.2) is 0 Å². The molecule has 0 spiro atoms. The molecule has 0 aromatic heterocycles. The highest BCUT2D eigenvalue weighted by atomic mass is 16.3. The van der Waals surface area contributed by atoms with Crippen molar-refractivity contribution < 1.29 is 10.2 Å². The SMILES string of the molecule is N#CCCN(CC(O)CO)C1CC1. The Morgan fingerprint density at radius 2 is 2.23 bits per heavy atom.